The molecule has 0 spiro atoms. The Balaban J connectivity index is 1.98. The molecule has 1 aliphatic heterocycles. The molecule has 19 heavy (non-hydrogen) atoms. The van der Waals surface area contributed by atoms with Crippen LogP contribution in [0.5, 0.6) is 0 Å². The van der Waals surface area contributed by atoms with E-state index < -0.39 is 0 Å². The number of hydrogen-bond acceptors (Lipinski definition) is 5. The van der Waals surface area contributed by atoms with E-state index in [9.17, 15) is 10.1 Å². The number of piperazine rings is 1. The predicted molar refractivity (Wildman–Crippen MR) is 75.0 cm³/mol. The SMILES string of the molecule is CC(C)N1CCN(Nc2ccccc2[N+](=O)[O-])CC1. The van der Waals surface area contributed by atoms with E-state index in [2.05, 4.69) is 24.2 Å². The van der Waals surface area contributed by atoms with Gasteiger partial charge in [-0.15, -0.1) is 0 Å². The second kappa shape index (κ2) is 5.99. The number of hydrogen-bond donors (Lipinski definition) is 1. The number of para-hydroxylation sites is 2. The third-order valence-electron chi connectivity index (χ3n) is 3.42. The van der Waals surface area contributed by atoms with Crippen LogP contribution in [-0.2, 0) is 0 Å². The lowest BCUT2D eigenvalue weighted by Crippen LogP contribution is -2.50. The van der Waals surface area contributed by atoms with Gasteiger partial charge in [-0.3, -0.25) is 15.0 Å². The highest BCUT2D eigenvalue weighted by atomic mass is 16.6. The molecule has 0 aromatic heterocycles. The molecule has 104 valence electrons. The van der Waals surface area contributed by atoms with Gasteiger partial charge in [-0.1, -0.05) is 12.1 Å². The minimum Gasteiger partial charge on any atom is -0.313 e. The summed E-state index contributed by atoms with van der Waals surface area (Å²) in [6, 6.07) is 7.30. The number of benzene rings is 1. The quantitative estimate of drug-likeness (QED) is 0.665. The number of nitrogens with zero attached hydrogens (tertiary/aromatic N) is 3. The Hall–Kier alpha value is -1.66. The molecule has 0 amide bonds. The van der Waals surface area contributed by atoms with E-state index in [0.717, 1.165) is 26.2 Å². The summed E-state index contributed by atoms with van der Waals surface area (Å²) < 4.78 is 0. The first-order chi connectivity index (χ1) is 9.08. The number of anilines is 1. The molecule has 1 aromatic carbocycles. The highest BCUT2D eigenvalue weighted by Gasteiger charge is 2.20. The molecule has 0 atom stereocenters. The van der Waals surface area contributed by atoms with Crippen molar-refractivity contribution in [3.05, 3.63) is 34.4 Å². The summed E-state index contributed by atoms with van der Waals surface area (Å²) in [5.41, 5.74) is 3.84. The van der Waals surface area contributed by atoms with Gasteiger partial charge in [0.25, 0.3) is 5.69 Å². The van der Waals surface area contributed by atoms with Crippen LogP contribution in [0, 0.1) is 10.1 Å². The summed E-state index contributed by atoms with van der Waals surface area (Å²) in [5, 5.41) is 13.0. The maximum atomic E-state index is 10.9. The fraction of sp³-hybridized carbons (Fsp3) is 0.538. The normalized spacial score (nSPS) is 17.6. The number of rotatable bonds is 4. The molecule has 6 heteroatoms. The van der Waals surface area contributed by atoms with E-state index in [4.69, 9.17) is 0 Å². The maximum Gasteiger partial charge on any atom is 0.293 e. The summed E-state index contributed by atoms with van der Waals surface area (Å²) in [5.74, 6) is 0. The van der Waals surface area contributed by atoms with Crippen LogP contribution in [0.15, 0.2) is 24.3 Å². The lowest BCUT2D eigenvalue weighted by atomic mass is 10.2. The first-order valence-corrected chi connectivity index (χ1v) is 6.57. The van der Waals surface area contributed by atoms with E-state index >= 15 is 0 Å². The van der Waals surface area contributed by atoms with Gasteiger partial charge in [0.1, 0.15) is 5.69 Å². The van der Waals surface area contributed by atoms with Gasteiger partial charge in [-0.25, -0.2) is 5.01 Å². The van der Waals surface area contributed by atoms with Crippen LogP contribution >= 0.6 is 0 Å². The average molecular weight is 264 g/mol. The van der Waals surface area contributed by atoms with Gasteiger partial charge in [0.2, 0.25) is 0 Å². The van der Waals surface area contributed by atoms with Crippen molar-refractivity contribution >= 4 is 11.4 Å². The van der Waals surface area contributed by atoms with Crippen molar-refractivity contribution in [3.8, 4) is 0 Å². The monoisotopic (exact) mass is 264 g/mol. The Bertz CT molecular complexity index is 442. The van der Waals surface area contributed by atoms with Gasteiger partial charge in [0.15, 0.2) is 0 Å². The number of nitro benzene ring substituents is 1. The molecule has 1 saturated heterocycles. The first-order valence-electron chi connectivity index (χ1n) is 6.57. The lowest BCUT2D eigenvalue weighted by Gasteiger charge is -2.37. The van der Waals surface area contributed by atoms with Crippen LogP contribution in [0.4, 0.5) is 11.4 Å². The van der Waals surface area contributed by atoms with Gasteiger partial charge < -0.3 is 5.43 Å². The second-order valence-electron chi connectivity index (χ2n) is 5.00. The molecular formula is C13H20N4O2. The summed E-state index contributed by atoms with van der Waals surface area (Å²) in [4.78, 5) is 13.0. The standard InChI is InChI=1S/C13H20N4O2/c1-11(2)15-7-9-16(10-8-15)14-12-5-3-4-6-13(12)17(18)19/h3-6,11,14H,7-10H2,1-2H3. The van der Waals surface area contributed by atoms with Crippen LogP contribution in [0.3, 0.4) is 0 Å². The van der Waals surface area contributed by atoms with Crippen molar-refractivity contribution in [2.45, 2.75) is 19.9 Å². The maximum absolute atomic E-state index is 10.9. The van der Waals surface area contributed by atoms with Crippen LogP contribution < -0.4 is 5.43 Å². The summed E-state index contributed by atoms with van der Waals surface area (Å²) in [6.45, 7) is 8.06. The van der Waals surface area contributed by atoms with Gasteiger partial charge in [-0.2, -0.15) is 0 Å². The fourth-order valence-corrected chi connectivity index (χ4v) is 2.25. The van der Waals surface area contributed by atoms with Crippen LogP contribution in [-0.4, -0.2) is 47.1 Å². The zero-order valence-corrected chi connectivity index (χ0v) is 11.4. The van der Waals surface area contributed by atoms with Gasteiger partial charge in [-0.05, 0) is 19.9 Å². The molecule has 0 saturated carbocycles. The van der Waals surface area contributed by atoms with Gasteiger partial charge >= 0.3 is 0 Å². The van der Waals surface area contributed by atoms with Crippen LogP contribution in [0.2, 0.25) is 0 Å². The molecule has 1 heterocycles. The molecule has 1 aliphatic rings. The molecule has 1 N–H and O–H groups in total. The van der Waals surface area contributed by atoms with Crippen molar-refractivity contribution in [1.82, 2.24) is 9.91 Å². The number of nitrogens with one attached hydrogen (secondary N) is 1. The van der Waals surface area contributed by atoms with E-state index in [1.165, 1.54) is 6.07 Å². The molecular weight excluding hydrogens is 244 g/mol. The Labute approximate surface area is 113 Å². The second-order valence-corrected chi connectivity index (χ2v) is 5.00. The predicted octanol–water partition coefficient (Wildman–Crippen LogP) is 1.95. The van der Waals surface area contributed by atoms with Crippen molar-refractivity contribution in [2.24, 2.45) is 0 Å². The summed E-state index contributed by atoms with van der Waals surface area (Å²) in [6.07, 6.45) is 0. The smallest absolute Gasteiger partial charge is 0.293 e. The van der Waals surface area contributed by atoms with Crippen molar-refractivity contribution < 1.29 is 4.92 Å². The third kappa shape index (κ3) is 3.42. The zero-order valence-electron chi connectivity index (χ0n) is 11.4. The molecule has 0 bridgehead atoms. The number of hydrazine groups is 1. The fourth-order valence-electron chi connectivity index (χ4n) is 2.25. The van der Waals surface area contributed by atoms with E-state index in [-0.39, 0.29) is 10.6 Å². The lowest BCUT2D eigenvalue weighted by molar-refractivity contribution is -0.384. The minimum absolute atomic E-state index is 0.119. The summed E-state index contributed by atoms with van der Waals surface area (Å²) in [7, 11) is 0. The third-order valence-corrected chi connectivity index (χ3v) is 3.42. The van der Waals surface area contributed by atoms with Crippen molar-refractivity contribution in [2.75, 3.05) is 31.6 Å². The Kier molecular flexibility index (Phi) is 4.34. The van der Waals surface area contributed by atoms with Crippen LogP contribution in [0.25, 0.3) is 0 Å². The molecule has 0 radical (unpaired) electrons. The molecule has 1 fully saturated rings. The minimum atomic E-state index is -0.354. The molecule has 2 rings (SSSR count). The highest BCUT2D eigenvalue weighted by molar-refractivity contribution is 5.60. The highest BCUT2D eigenvalue weighted by Crippen LogP contribution is 2.24. The van der Waals surface area contributed by atoms with E-state index in [0.29, 0.717) is 11.7 Å². The van der Waals surface area contributed by atoms with E-state index in [1.54, 1.807) is 18.2 Å². The Morgan fingerprint density at radius 1 is 1.21 bits per heavy atom. The largest absolute Gasteiger partial charge is 0.313 e. The molecule has 0 unspecified atom stereocenters. The van der Waals surface area contributed by atoms with Crippen LogP contribution in [0.1, 0.15) is 13.8 Å². The van der Waals surface area contributed by atoms with E-state index in [1.807, 2.05) is 5.01 Å². The van der Waals surface area contributed by atoms with Gasteiger partial charge in [0.05, 0.1) is 4.92 Å². The molecule has 6 nitrogen and oxygen atoms in total. The molecule has 0 aliphatic carbocycles. The number of nitro groups is 1. The average Bonchev–Trinajstić information content (AvgIpc) is 2.39. The first kappa shape index (κ1) is 13.8. The Morgan fingerprint density at radius 2 is 1.84 bits per heavy atom. The van der Waals surface area contributed by atoms with Crippen molar-refractivity contribution in [3.63, 3.8) is 0 Å². The van der Waals surface area contributed by atoms with Crippen molar-refractivity contribution in [1.29, 1.82) is 0 Å². The topological polar surface area (TPSA) is 61.6 Å². The summed E-state index contributed by atoms with van der Waals surface area (Å²) >= 11 is 0. The Morgan fingerprint density at radius 3 is 2.42 bits per heavy atom. The zero-order chi connectivity index (χ0) is 13.8. The molecule has 1 aromatic rings. The van der Waals surface area contributed by atoms with Gasteiger partial charge in [0, 0.05) is 38.3 Å².